The van der Waals surface area contributed by atoms with Crippen molar-refractivity contribution in [3.05, 3.63) is 0 Å². The first-order valence-corrected chi connectivity index (χ1v) is 46.9. The minimum atomic E-state index is -4.97. The van der Waals surface area contributed by atoms with Gasteiger partial charge in [-0.25, -0.2) is 9.13 Å². The molecule has 0 aliphatic heterocycles. The summed E-state index contributed by atoms with van der Waals surface area (Å²) < 4.78 is 68.9. The summed E-state index contributed by atoms with van der Waals surface area (Å²) in [7, 11) is -9.93. The van der Waals surface area contributed by atoms with Gasteiger partial charge in [0, 0.05) is 25.7 Å². The lowest BCUT2D eigenvalue weighted by molar-refractivity contribution is -0.161. The molecule has 0 fully saturated rings. The third kappa shape index (κ3) is 76.8. The molecule has 618 valence electrons. The van der Waals surface area contributed by atoms with Gasteiger partial charge >= 0.3 is 39.5 Å². The number of hydrogen-bond acceptors (Lipinski definition) is 15. The fraction of sp³-hybridized carbons (Fsp3) is 0.953. The monoisotopic (exact) mass is 1520 g/mol. The number of phosphoric acid groups is 2. The second-order valence-electron chi connectivity index (χ2n) is 31.8. The molecule has 0 amide bonds. The van der Waals surface area contributed by atoms with Crippen LogP contribution >= 0.6 is 15.6 Å². The number of carbonyl (C=O) groups is 4. The maximum atomic E-state index is 13.1. The van der Waals surface area contributed by atoms with Crippen LogP contribution in [0, 0.1) is 17.8 Å². The van der Waals surface area contributed by atoms with Gasteiger partial charge in [0.05, 0.1) is 26.4 Å². The number of aliphatic hydroxyl groups excluding tert-OH is 1. The van der Waals surface area contributed by atoms with Gasteiger partial charge in [0.25, 0.3) is 0 Å². The van der Waals surface area contributed by atoms with Crippen molar-refractivity contribution in [1.29, 1.82) is 0 Å². The minimum absolute atomic E-state index is 0.107. The van der Waals surface area contributed by atoms with Gasteiger partial charge in [-0.05, 0) is 43.4 Å². The Balaban J connectivity index is 5.24. The van der Waals surface area contributed by atoms with Gasteiger partial charge in [-0.1, -0.05) is 395 Å². The smallest absolute Gasteiger partial charge is 0.462 e. The highest BCUT2D eigenvalue weighted by molar-refractivity contribution is 7.47. The predicted molar refractivity (Wildman–Crippen MR) is 428 cm³/mol. The van der Waals surface area contributed by atoms with Gasteiger partial charge in [-0.15, -0.1) is 0 Å². The molecule has 6 atom stereocenters. The lowest BCUT2D eigenvalue weighted by Gasteiger charge is -2.21. The van der Waals surface area contributed by atoms with Crippen LogP contribution in [0.3, 0.4) is 0 Å². The molecule has 0 radical (unpaired) electrons. The lowest BCUT2D eigenvalue weighted by Crippen LogP contribution is -2.30. The molecule has 0 rings (SSSR count). The number of hydrogen-bond donors (Lipinski definition) is 3. The summed E-state index contributed by atoms with van der Waals surface area (Å²) >= 11 is 0. The number of aliphatic hydroxyl groups is 1. The van der Waals surface area contributed by atoms with E-state index in [4.69, 9.17) is 37.0 Å². The van der Waals surface area contributed by atoms with Crippen LogP contribution in [0.5, 0.6) is 0 Å². The maximum Gasteiger partial charge on any atom is 0.472 e. The van der Waals surface area contributed by atoms with Gasteiger partial charge in [-0.3, -0.25) is 37.3 Å². The largest absolute Gasteiger partial charge is 0.472 e. The fourth-order valence-electron chi connectivity index (χ4n) is 13.2. The summed E-state index contributed by atoms with van der Waals surface area (Å²) in [6.07, 6.45) is 65.1. The second kappa shape index (κ2) is 75.1. The summed E-state index contributed by atoms with van der Waals surface area (Å²) in [4.78, 5) is 73.2. The Bertz CT molecular complexity index is 2010. The molecule has 0 saturated carbocycles. The molecule has 104 heavy (non-hydrogen) atoms. The third-order valence-electron chi connectivity index (χ3n) is 20.2. The highest BCUT2D eigenvalue weighted by Crippen LogP contribution is 2.45. The molecule has 0 aliphatic carbocycles. The van der Waals surface area contributed by atoms with E-state index in [0.29, 0.717) is 25.7 Å². The molecule has 19 heteroatoms. The van der Waals surface area contributed by atoms with E-state index in [-0.39, 0.29) is 25.7 Å². The van der Waals surface area contributed by atoms with E-state index in [1.165, 1.54) is 257 Å². The number of unbranched alkanes of at least 4 members (excludes halogenated alkanes) is 50. The van der Waals surface area contributed by atoms with Crippen LogP contribution in [0.4, 0.5) is 0 Å². The van der Waals surface area contributed by atoms with Crippen LogP contribution in [-0.2, 0) is 65.4 Å². The summed E-state index contributed by atoms with van der Waals surface area (Å²) in [5.74, 6) is 0.314. The van der Waals surface area contributed by atoms with Crippen molar-refractivity contribution in [3.63, 3.8) is 0 Å². The molecule has 3 unspecified atom stereocenters. The van der Waals surface area contributed by atoms with Crippen molar-refractivity contribution < 1.29 is 80.2 Å². The molecule has 0 aromatic rings. The van der Waals surface area contributed by atoms with Crippen molar-refractivity contribution in [2.24, 2.45) is 17.8 Å². The Kier molecular flexibility index (Phi) is 73.7. The SMILES string of the molecule is CCCCCCCCCCCCCCCC(=O)OC[C@H](COP(=O)(O)OC[C@H](O)COP(=O)(O)OC[C@@H](COC(=O)CCCCCCCCCCCCCCC(C)C)OC(=O)CCCCCCCCCCCCCCCCCCCCC(C)CC)OC(=O)CCCCCCCCCCCCCC(C)C. The topological polar surface area (TPSA) is 237 Å². The second-order valence-corrected chi connectivity index (χ2v) is 34.7. The average Bonchev–Trinajstić information content (AvgIpc) is 0.915. The van der Waals surface area contributed by atoms with Gasteiger partial charge in [0.2, 0.25) is 0 Å². The predicted octanol–water partition coefficient (Wildman–Crippen LogP) is 25.7. The van der Waals surface area contributed by atoms with Gasteiger partial charge in [-0.2, -0.15) is 0 Å². The van der Waals surface area contributed by atoms with Crippen LogP contribution in [0.15, 0.2) is 0 Å². The number of ether oxygens (including phenoxy) is 4. The highest BCUT2D eigenvalue weighted by atomic mass is 31.2. The van der Waals surface area contributed by atoms with Crippen LogP contribution in [-0.4, -0.2) is 96.7 Å². The summed E-state index contributed by atoms with van der Waals surface area (Å²) in [6, 6.07) is 0. The zero-order valence-corrected chi connectivity index (χ0v) is 70.3. The van der Waals surface area contributed by atoms with E-state index in [2.05, 4.69) is 48.5 Å². The number of phosphoric ester groups is 2. The van der Waals surface area contributed by atoms with Crippen LogP contribution in [0.25, 0.3) is 0 Å². The van der Waals surface area contributed by atoms with Gasteiger partial charge in [0.1, 0.15) is 19.3 Å². The standard InChI is InChI=1S/C85H166O17P2/c1-8-10-11-12-13-14-15-22-31-38-45-52-59-66-82(87)95-73-81(102-85(90)69-62-55-48-41-34-27-29-36-43-50-57-64-77(5)6)75-100-104(93,94)98-71-79(86)70-97-103(91,92)99-74-80(72-96-83(88)67-60-53-46-39-32-26-25-28-35-42-49-56-63-76(3)4)101-84(89)68-61-54-47-40-33-24-21-19-17-16-18-20-23-30-37-44-51-58-65-78(7)9-2/h76-81,86H,8-75H2,1-7H3,(H,91,92)(H,93,94)/t78?,79-,80-,81-/m1/s1. The molecular weight excluding hydrogens is 1350 g/mol. The van der Waals surface area contributed by atoms with E-state index in [0.717, 1.165) is 108 Å². The Morgan fingerprint density at radius 2 is 0.490 bits per heavy atom. The molecule has 0 heterocycles. The molecule has 17 nitrogen and oxygen atoms in total. The molecule has 0 bridgehead atoms. The molecule has 3 N–H and O–H groups in total. The summed E-state index contributed by atoms with van der Waals surface area (Å²) in [6.45, 7) is 12.1. The van der Waals surface area contributed by atoms with Crippen molar-refractivity contribution in [1.82, 2.24) is 0 Å². The quantitative estimate of drug-likeness (QED) is 0.0222. The first-order chi connectivity index (χ1) is 50.3. The number of rotatable bonds is 83. The summed E-state index contributed by atoms with van der Waals surface area (Å²) in [5.41, 5.74) is 0. The summed E-state index contributed by atoms with van der Waals surface area (Å²) in [5, 5.41) is 10.7. The van der Waals surface area contributed by atoms with E-state index in [1.54, 1.807) is 0 Å². The van der Waals surface area contributed by atoms with Gasteiger partial charge < -0.3 is 33.8 Å². The molecule has 0 aromatic carbocycles. The molecular formula is C85H166O17P2. The van der Waals surface area contributed by atoms with Crippen LogP contribution in [0.2, 0.25) is 0 Å². The van der Waals surface area contributed by atoms with Crippen molar-refractivity contribution in [2.45, 2.75) is 465 Å². The molecule has 0 saturated heterocycles. The van der Waals surface area contributed by atoms with Crippen LogP contribution in [0.1, 0.15) is 447 Å². The van der Waals surface area contributed by atoms with E-state index < -0.39 is 97.5 Å². The fourth-order valence-corrected chi connectivity index (χ4v) is 14.7. The van der Waals surface area contributed by atoms with Crippen molar-refractivity contribution in [3.8, 4) is 0 Å². The molecule has 0 aliphatic rings. The average molecular weight is 1520 g/mol. The molecule has 0 spiro atoms. The maximum absolute atomic E-state index is 13.1. The minimum Gasteiger partial charge on any atom is -0.462 e. The Labute approximate surface area is 638 Å². The van der Waals surface area contributed by atoms with Gasteiger partial charge in [0.15, 0.2) is 12.2 Å². The van der Waals surface area contributed by atoms with E-state index in [9.17, 15) is 43.2 Å². The zero-order valence-electron chi connectivity index (χ0n) is 68.5. The highest BCUT2D eigenvalue weighted by Gasteiger charge is 2.30. The Hall–Kier alpha value is -1.94. The lowest BCUT2D eigenvalue weighted by atomic mass is 9.99. The first kappa shape index (κ1) is 102. The number of carbonyl (C=O) groups excluding carboxylic acids is 4. The Morgan fingerprint density at radius 3 is 0.731 bits per heavy atom. The zero-order chi connectivity index (χ0) is 76.5. The molecule has 0 aromatic heterocycles. The normalized spacial score (nSPS) is 14.2. The Morgan fingerprint density at radius 1 is 0.279 bits per heavy atom. The van der Waals surface area contributed by atoms with Crippen LogP contribution < -0.4 is 0 Å². The third-order valence-corrected chi connectivity index (χ3v) is 22.1. The van der Waals surface area contributed by atoms with E-state index >= 15 is 0 Å². The first-order valence-electron chi connectivity index (χ1n) is 43.9. The van der Waals surface area contributed by atoms with E-state index in [1.807, 2.05) is 0 Å². The van der Waals surface area contributed by atoms with Crippen molar-refractivity contribution in [2.75, 3.05) is 39.6 Å². The number of esters is 4. The van der Waals surface area contributed by atoms with Crippen molar-refractivity contribution >= 4 is 39.5 Å².